The lowest BCUT2D eigenvalue weighted by molar-refractivity contribution is 0.0997. The number of H-pyrrole nitrogens is 1. The third kappa shape index (κ3) is 3.93. The topological polar surface area (TPSA) is 70.9 Å². The molecule has 0 bridgehead atoms. The number of aromatic nitrogens is 2. The van der Waals surface area contributed by atoms with Crippen LogP contribution in [0.25, 0.3) is 33.7 Å². The molecular formula is C24H15Cl2N3O2. The Labute approximate surface area is 187 Å². The quantitative estimate of drug-likeness (QED) is 0.310. The van der Waals surface area contributed by atoms with Crippen LogP contribution in [0.15, 0.2) is 83.3 Å². The summed E-state index contributed by atoms with van der Waals surface area (Å²) in [6.07, 6.45) is 0. The number of aromatic amines is 1. The molecule has 5 nitrogen and oxygen atoms in total. The molecule has 0 radical (unpaired) electrons. The van der Waals surface area contributed by atoms with Gasteiger partial charge in [-0.15, -0.1) is 0 Å². The third-order valence-corrected chi connectivity index (χ3v) is 5.39. The van der Waals surface area contributed by atoms with Crippen molar-refractivity contribution in [2.75, 3.05) is 5.32 Å². The van der Waals surface area contributed by atoms with E-state index >= 15 is 0 Å². The van der Waals surface area contributed by atoms with E-state index in [1.807, 2.05) is 48.5 Å². The first-order chi connectivity index (χ1) is 15.1. The molecule has 31 heavy (non-hydrogen) atoms. The average Bonchev–Trinajstić information content (AvgIpc) is 3.43. The predicted molar refractivity (Wildman–Crippen MR) is 124 cm³/mol. The first kappa shape index (κ1) is 19.4. The first-order valence-electron chi connectivity index (χ1n) is 9.48. The van der Waals surface area contributed by atoms with Crippen LogP contribution >= 0.6 is 23.2 Å². The second kappa shape index (κ2) is 7.95. The van der Waals surface area contributed by atoms with Gasteiger partial charge in [0, 0.05) is 21.8 Å². The molecule has 0 atom stereocenters. The molecule has 0 aliphatic carbocycles. The Kier molecular flexibility index (Phi) is 4.98. The number of carbonyl (C=O) groups is 1. The number of imidazole rings is 1. The molecule has 2 aromatic heterocycles. The smallest absolute Gasteiger partial charge is 0.291 e. The van der Waals surface area contributed by atoms with Gasteiger partial charge >= 0.3 is 0 Å². The van der Waals surface area contributed by atoms with E-state index < -0.39 is 0 Å². The minimum absolute atomic E-state index is 0.174. The van der Waals surface area contributed by atoms with Crippen LogP contribution in [0.2, 0.25) is 10.0 Å². The summed E-state index contributed by atoms with van der Waals surface area (Å²) in [5.74, 6) is 1.05. The molecule has 152 valence electrons. The second-order valence-corrected chi connectivity index (χ2v) is 7.77. The Morgan fingerprint density at radius 3 is 2.55 bits per heavy atom. The number of amides is 1. The molecular weight excluding hydrogens is 433 g/mol. The molecule has 0 spiro atoms. The van der Waals surface area contributed by atoms with E-state index in [9.17, 15) is 4.79 Å². The number of rotatable bonds is 4. The Balaban J connectivity index is 1.33. The Bertz CT molecular complexity index is 1370. The molecule has 7 heteroatoms. The van der Waals surface area contributed by atoms with Crippen LogP contribution in [0.3, 0.4) is 0 Å². The maximum absolute atomic E-state index is 12.6. The van der Waals surface area contributed by atoms with Gasteiger partial charge in [0.1, 0.15) is 11.6 Å². The van der Waals surface area contributed by atoms with Gasteiger partial charge in [-0.2, -0.15) is 0 Å². The molecule has 3 aromatic carbocycles. The van der Waals surface area contributed by atoms with Crippen molar-refractivity contribution < 1.29 is 9.21 Å². The Hall–Kier alpha value is -3.54. The van der Waals surface area contributed by atoms with Crippen molar-refractivity contribution in [1.29, 1.82) is 0 Å². The number of benzene rings is 3. The molecule has 0 aliphatic rings. The van der Waals surface area contributed by atoms with Crippen LogP contribution in [0.5, 0.6) is 0 Å². The van der Waals surface area contributed by atoms with E-state index in [2.05, 4.69) is 15.3 Å². The SMILES string of the molecule is O=C(Nc1ccc(-c2nc3ccccc3[nH]2)cc1)c1ccc(-c2cc(Cl)ccc2Cl)o1. The zero-order valence-electron chi connectivity index (χ0n) is 16.0. The molecule has 0 saturated carbocycles. The standard InChI is InChI=1S/C24H15Cl2N3O2/c25-15-7-10-18(26)17(13-15)21-11-12-22(31-21)24(30)27-16-8-5-14(6-9-16)23-28-19-3-1-2-4-20(19)29-23/h1-13H,(H,27,30)(H,28,29). The van der Waals surface area contributed by atoms with Crippen molar-refractivity contribution in [2.45, 2.75) is 0 Å². The van der Waals surface area contributed by atoms with Crippen LogP contribution in [0, 0.1) is 0 Å². The maximum atomic E-state index is 12.6. The van der Waals surface area contributed by atoms with Crippen molar-refractivity contribution in [3.8, 4) is 22.7 Å². The van der Waals surface area contributed by atoms with Crippen molar-refractivity contribution in [3.63, 3.8) is 0 Å². The van der Waals surface area contributed by atoms with Gasteiger partial charge in [-0.3, -0.25) is 4.79 Å². The van der Waals surface area contributed by atoms with Crippen molar-refractivity contribution in [2.24, 2.45) is 0 Å². The van der Waals surface area contributed by atoms with Gasteiger partial charge in [0.15, 0.2) is 5.76 Å². The number of anilines is 1. The zero-order valence-corrected chi connectivity index (χ0v) is 17.5. The highest BCUT2D eigenvalue weighted by Crippen LogP contribution is 2.32. The monoisotopic (exact) mass is 447 g/mol. The number of furan rings is 1. The Morgan fingerprint density at radius 1 is 0.935 bits per heavy atom. The number of para-hydroxylation sites is 2. The first-order valence-corrected chi connectivity index (χ1v) is 10.2. The second-order valence-electron chi connectivity index (χ2n) is 6.92. The summed E-state index contributed by atoms with van der Waals surface area (Å²) in [6.45, 7) is 0. The fraction of sp³-hybridized carbons (Fsp3) is 0. The lowest BCUT2D eigenvalue weighted by atomic mass is 10.2. The molecule has 5 rings (SSSR count). The molecule has 0 fully saturated rings. The van der Waals surface area contributed by atoms with Gasteiger partial charge < -0.3 is 14.7 Å². The Morgan fingerprint density at radius 2 is 1.74 bits per heavy atom. The van der Waals surface area contributed by atoms with Gasteiger partial charge in [0.2, 0.25) is 0 Å². The number of halogens is 2. The zero-order chi connectivity index (χ0) is 21.4. The average molecular weight is 448 g/mol. The van der Waals surface area contributed by atoms with Crippen molar-refractivity contribution in [3.05, 3.63) is 94.7 Å². The van der Waals surface area contributed by atoms with Crippen LogP contribution in [-0.2, 0) is 0 Å². The molecule has 0 saturated heterocycles. The summed E-state index contributed by atoms with van der Waals surface area (Å²) in [4.78, 5) is 20.5. The summed E-state index contributed by atoms with van der Waals surface area (Å²) < 4.78 is 5.70. The fourth-order valence-electron chi connectivity index (χ4n) is 3.28. The lowest BCUT2D eigenvalue weighted by Crippen LogP contribution is -2.10. The maximum Gasteiger partial charge on any atom is 0.291 e. The van der Waals surface area contributed by atoms with Crippen molar-refractivity contribution >= 4 is 45.8 Å². The van der Waals surface area contributed by atoms with Crippen LogP contribution in [0.4, 0.5) is 5.69 Å². The van der Waals surface area contributed by atoms with Gasteiger partial charge in [-0.05, 0) is 66.7 Å². The molecule has 5 aromatic rings. The summed E-state index contributed by atoms with van der Waals surface area (Å²) >= 11 is 12.3. The van der Waals surface area contributed by atoms with E-state index in [0.717, 1.165) is 22.4 Å². The summed E-state index contributed by atoms with van der Waals surface area (Å²) in [5.41, 5.74) is 4.07. The highest BCUT2D eigenvalue weighted by molar-refractivity contribution is 6.35. The summed E-state index contributed by atoms with van der Waals surface area (Å²) in [6, 6.07) is 23.6. The third-order valence-electron chi connectivity index (χ3n) is 4.83. The van der Waals surface area contributed by atoms with Gasteiger partial charge in [-0.1, -0.05) is 35.3 Å². The number of hydrogen-bond donors (Lipinski definition) is 2. The highest BCUT2D eigenvalue weighted by Gasteiger charge is 2.15. The number of hydrogen-bond acceptors (Lipinski definition) is 3. The van der Waals surface area contributed by atoms with Gasteiger partial charge in [0.25, 0.3) is 5.91 Å². The van der Waals surface area contributed by atoms with E-state index in [1.54, 1.807) is 30.3 Å². The highest BCUT2D eigenvalue weighted by atomic mass is 35.5. The van der Waals surface area contributed by atoms with Crippen molar-refractivity contribution in [1.82, 2.24) is 9.97 Å². The molecule has 0 unspecified atom stereocenters. The van der Waals surface area contributed by atoms with E-state index in [-0.39, 0.29) is 11.7 Å². The van der Waals surface area contributed by atoms with Gasteiger partial charge in [0.05, 0.1) is 16.1 Å². The minimum atomic E-state index is -0.360. The number of fused-ring (bicyclic) bond motifs is 1. The lowest BCUT2D eigenvalue weighted by Gasteiger charge is -2.05. The largest absolute Gasteiger partial charge is 0.451 e. The van der Waals surface area contributed by atoms with E-state index in [1.165, 1.54) is 0 Å². The number of nitrogens with zero attached hydrogens (tertiary/aromatic N) is 1. The molecule has 1 amide bonds. The summed E-state index contributed by atoms with van der Waals surface area (Å²) in [7, 11) is 0. The van der Waals surface area contributed by atoms with E-state index in [0.29, 0.717) is 27.1 Å². The molecule has 2 N–H and O–H groups in total. The van der Waals surface area contributed by atoms with Crippen LogP contribution < -0.4 is 5.32 Å². The van der Waals surface area contributed by atoms with Gasteiger partial charge in [-0.25, -0.2) is 4.98 Å². The number of carbonyl (C=O) groups excluding carboxylic acids is 1. The van der Waals surface area contributed by atoms with Crippen LogP contribution in [-0.4, -0.2) is 15.9 Å². The number of nitrogens with one attached hydrogen (secondary N) is 2. The molecule has 0 aliphatic heterocycles. The summed E-state index contributed by atoms with van der Waals surface area (Å²) in [5, 5.41) is 3.86. The molecule has 2 heterocycles. The predicted octanol–water partition coefficient (Wildman–Crippen LogP) is 7.05. The van der Waals surface area contributed by atoms with E-state index in [4.69, 9.17) is 27.6 Å². The van der Waals surface area contributed by atoms with Crippen LogP contribution in [0.1, 0.15) is 10.6 Å². The fourth-order valence-corrected chi connectivity index (χ4v) is 3.67. The normalized spacial score (nSPS) is 11.0. The minimum Gasteiger partial charge on any atom is -0.451 e.